The molecule has 4 rings (SSSR count). The SMILES string of the molecule is CCOc1ccc(C(=O)C2=CN(c3cccc(F)c3)c3ccccc3S2(=O)=O)cc1. The van der Waals surface area contributed by atoms with Gasteiger partial charge in [-0.3, -0.25) is 4.79 Å². The van der Waals surface area contributed by atoms with Crippen LogP contribution in [0.3, 0.4) is 0 Å². The van der Waals surface area contributed by atoms with E-state index >= 15 is 0 Å². The molecule has 0 aromatic heterocycles. The highest BCUT2D eigenvalue weighted by molar-refractivity contribution is 7.96. The van der Waals surface area contributed by atoms with Crippen LogP contribution in [0.1, 0.15) is 17.3 Å². The first-order chi connectivity index (χ1) is 14.4. The zero-order chi connectivity index (χ0) is 21.3. The standard InChI is InChI=1S/C23H18FNO4S/c1-2-29-19-12-10-16(11-13-19)23(26)22-15-25(18-7-5-6-17(24)14-18)20-8-3-4-9-21(20)30(22,27)28/h3-15H,2H2,1H3. The minimum atomic E-state index is -4.06. The number of rotatable bonds is 5. The van der Waals surface area contributed by atoms with Crippen molar-refractivity contribution < 1.29 is 22.3 Å². The summed E-state index contributed by atoms with van der Waals surface area (Å²) in [6, 6.07) is 18.4. The van der Waals surface area contributed by atoms with Gasteiger partial charge >= 0.3 is 0 Å². The van der Waals surface area contributed by atoms with E-state index in [2.05, 4.69) is 0 Å². The first-order valence-electron chi connectivity index (χ1n) is 9.30. The van der Waals surface area contributed by atoms with Gasteiger partial charge in [-0.05, 0) is 61.5 Å². The molecule has 0 aliphatic carbocycles. The number of nitrogens with zero attached hydrogens (tertiary/aromatic N) is 1. The van der Waals surface area contributed by atoms with Gasteiger partial charge in [0.2, 0.25) is 15.6 Å². The van der Waals surface area contributed by atoms with Gasteiger partial charge in [0.25, 0.3) is 0 Å². The molecule has 3 aromatic carbocycles. The molecule has 0 saturated carbocycles. The van der Waals surface area contributed by atoms with Crippen LogP contribution < -0.4 is 9.64 Å². The quantitative estimate of drug-likeness (QED) is 0.548. The number of ether oxygens (including phenoxy) is 1. The molecule has 0 radical (unpaired) electrons. The second-order valence-electron chi connectivity index (χ2n) is 6.60. The van der Waals surface area contributed by atoms with Crippen molar-refractivity contribution in [2.75, 3.05) is 11.5 Å². The summed E-state index contributed by atoms with van der Waals surface area (Å²) in [6.45, 7) is 2.32. The highest BCUT2D eigenvalue weighted by Gasteiger charge is 2.36. The smallest absolute Gasteiger partial charge is 0.214 e. The van der Waals surface area contributed by atoms with Crippen molar-refractivity contribution in [3.05, 3.63) is 95.3 Å². The molecule has 0 atom stereocenters. The van der Waals surface area contributed by atoms with Crippen LogP contribution in [-0.4, -0.2) is 20.8 Å². The molecule has 3 aromatic rings. The van der Waals surface area contributed by atoms with Crippen molar-refractivity contribution >= 4 is 27.0 Å². The van der Waals surface area contributed by atoms with E-state index in [1.54, 1.807) is 36.4 Å². The average molecular weight is 423 g/mol. The lowest BCUT2D eigenvalue weighted by Gasteiger charge is -2.28. The Bertz CT molecular complexity index is 1250. The van der Waals surface area contributed by atoms with Crippen molar-refractivity contribution in [1.82, 2.24) is 0 Å². The summed E-state index contributed by atoms with van der Waals surface area (Å²) in [5, 5.41) is 0. The van der Waals surface area contributed by atoms with Crippen molar-refractivity contribution in [2.45, 2.75) is 11.8 Å². The lowest BCUT2D eigenvalue weighted by molar-refractivity contribution is 0.104. The van der Waals surface area contributed by atoms with Gasteiger partial charge in [0.15, 0.2) is 0 Å². The molecule has 0 saturated heterocycles. The Kier molecular flexibility index (Phi) is 5.13. The van der Waals surface area contributed by atoms with Crippen molar-refractivity contribution in [2.24, 2.45) is 0 Å². The number of sulfone groups is 1. The Balaban J connectivity index is 1.84. The molecular formula is C23H18FNO4S. The molecule has 0 unspecified atom stereocenters. The minimum absolute atomic E-state index is 0.00829. The van der Waals surface area contributed by atoms with E-state index in [4.69, 9.17) is 4.74 Å². The Morgan fingerprint density at radius 1 is 1.00 bits per heavy atom. The van der Waals surface area contributed by atoms with Crippen molar-refractivity contribution in [1.29, 1.82) is 0 Å². The van der Waals surface area contributed by atoms with Crippen LogP contribution in [0.2, 0.25) is 0 Å². The molecule has 1 aliphatic rings. The predicted molar refractivity (Wildman–Crippen MR) is 112 cm³/mol. The minimum Gasteiger partial charge on any atom is -0.494 e. The molecule has 152 valence electrons. The number of fused-ring (bicyclic) bond motifs is 1. The van der Waals surface area contributed by atoms with Crippen LogP contribution in [0.25, 0.3) is 0 Å². The molecule has 5 nitrogen and oxygen atoms in total. The zero-order valence-corrected chi connectivity index (χ0v) is 16.9. The third kappa shape index (κ3) is 3.48. The van der Waals surface area contributed by atoms with Crippen LogP contribution in [0.4, 0.5) is 15.8 Å². The van der Waals surface area contributed by atoms with Gasteiger partial charge in [0, 0.05) is 17.5 Å². The van der Waals surface area contributed by atoms with E-state index in [0.29, 0.717) is 23.7 Å². The summed E-state index contributed by atoms with van der Waals surface area (Å²) in [5.41, 5.74) is 0.979. The highest BCUT2D eigenvalue weighted by atomic mass is 32.2. The Morgan fingerprint density at radius 3 is 2.43 bits per heavy atom. The fraction of sp³-hybridized carbons (Fsp3) is 0.0870. The van der Waals surface area contributed by atoms with Crippen LogP contribution in [0.15, 0.2) is 88.8 Å². The van der Waals surface area contributed by atoms with Gasteiger partial charge in [-0.1, -0.05) is 18.2 Å². The number of carbonyl (C=O) groups excluding carboxylic acids is 1. The molecule has 1 heterocycles. The molecule has 1 aliphatic heterocycles. The van der Waals surface area contributed by atoms with E-state index in [1.165, 1.54) is 47.5 Å². The normalized spacial score (nSPS) is 14.6. The van der Waals surface area contributed by atoms with Crippen LogP contribution in [0.5, 0.6) is 5.75 Å². The average Bonchev–Trinajstić information content (AvgIpc) is 2.74. The molecule has 0 spiro atoms. The summed E-state index contributed by atoms with van der Waals surface area (Å²) in [5.74, 6) is -0.526. The van der Waals surface area contributed by atoms with Gasteiger partial charge in [-0.25, -0.2) is 12.8 Å². The number of hydrogen-bond donors (Lipinski definition) is 0. The molecular weight excluding hydrogens is 405 g/mol. The summed E-state index contributed by atoms with van der Waals surface area (Å²) < 4.78 is 45.6. The largest absolute Gasteiger partial charge is 0.494 e. The Hall–Kier alpha value is -3.45. The lowest BCUT2D eigenvalue weighted by Crippen LogP contribution is -2.25. The van der Waals surface area contributed by atoms with Gasteiger partial charge in [-0.2, -0.15) is 0 Å². The molecule has 0 fully saturated rings. The Morgan fingerprint density at radius 2 is 1.73 bits per heavy atom. The molecule has 0 amide bonds. The molecule has 0 bridgehead atoms. The number of halogens is 1. The van der Waals surface area contributed by atoms with Gasteiger partial charge in [0.05, 0.1) is 17.2 Å². The van der Waals surface area contributed by atoms with Gasteiger partial charge in [-0.15, -0.1) is 0 Å². The number of Topliss-reactive ketones (excluding diaryl/α,β-unsaturated/α-hetero) is 1. The number of allylic oxidation sites excluding steroid dienone is 1. The fourth-order valence-electron chi connectivity index (χ4n) is 3.29. The van der Waals surface area contributed by atoms with E-state index in [1.807, 2.05) is 6.92 Å². The first kappa shape index (κ1) is 19.8. The number of carbonyl (C=O) groups is 1. The predicted octanol–water partition coefficient (Wildman–Crippen LogP) is 4.87. The van der Waals surface area contributed by atoms with E-state index in [9.17, 15) is 17.6 Å². The van der Waals surface area contributed by atoms with E-state index < -0.39 is 21.4 Å². The summed E-state index contributed by atoms with van der Waals surface area (Å²) in [4.78, 5) is 14.3. The fourth-order valence-corrected chi connectivity index (χ4v) is 4.83. The van der Waals surface area contributed by atoms with E-state index in [0.717, 1.165) is 0 Å². The van der Waals surface area contributed by atoms with Crippen LogP contribution >= 0.6 is 0 Å². The molecule has 7 heteroatoms. The van der Waals surface area contributed by atoms with Gasteiger partial charge in [0.1, 0.15) is 16.5 Å². The summed E-state index contributed by atoms with van der Waals surface area (Å²) >= 11 is 0. The van der Waals surface area contributed by atoms with E-state index in [-0.39, 0.29) is 15.4 Å². The number of benzene rings is 3. The number of hydrogen-bond acceptors (Lipinski definition) is 5. The van der Waals surface area contributed by atoms with Gasteiger partial charge < -0.3 is 9.64 Å². The zero-order valence-electron chi connectivity index (χ0n) is 16.1. The maximum Gasteiger partial charge on any atom is 0.214 e. The number of ketones is 1. The third-order valence-electron chi connectivity index (χ3n) is 4.69. The van der Waals surface area contributed by atoms with Crippen LogP contribution in [-0.2, 0) is 9.84 Å². The topological polar surface area (TPSA) is 63.7 Å². The second-order valence-corrected chi connectivity index (χ2v) is 8.49. The molecule has 30 heavy (non-hydrogen) atoms. The highest BCUT2D eigenvalue weighted by Crippen LogP contribution is 2.40. The lowest BCUT2D eigenvalue weighted by atomic mass is 10.1. The Labute approximate surface area is 174 Å². The second kappa shape index (κ2) is 7.76. The molecule has 0 N–H and O–H groups in total. The number of para-hydroxylation sites is 1. The maximum atomic E-state index is 13.8. The first-order valence-corrected chi connectivity index (χ1v) is 10.8. The summed E-state index contributed by atoms with van der Waals surface area (Å²) in [6.07, 6.45) is 1.26. The summed E-state index contributed by atoms with van der Waals surface area (Å²) in [7, 11) is -4.06. The number of anilines is 2. The van der Waals surface area contributed by atoms with Crippen molar-refractivity contribution in [3.8, 4) is 5.75 Å². The maximum absolute atomic E-state index is 13.8. The monoisotopic (exact) mass is 423 g/mol. The third-order valence-corrected chi connectivity index (χ3v) is 6.48. The van der Waals surface area contributed by atoms with Crippen LogP contribution in [0, 0.1) is 5.82 Å². The van der Waals surface area contributed by atoms with Crippen molar-refractivity contribution in [3.63, 3.8) is 0 Å².